The van der Waals surface area contributed by atoms with Gasteiger partial charge in [-0.2, -0.15) is 0 Å². The highest BCUT2D eigenvalue weighted by Gasteiger charge is 2.37. The molecule has 8 aromatic rings. The van der Waals surface area contributed by atoms with Crippen LogP contribution in [-0.2, 0) is 25.7 Å². The average Bonchev–Trinajstić information content (AvgIpc) is 3.77. The van der Waals surface area contributed by atoms with Crippen molar-refractivity contribution in [2.75, 3.05) is 0 Å². The molecule has 0 radical (unpaired) electrons. The third kappa shape index (κ3) is 8.75. The number of hydrogen-bond acceptors (Lipinski definition) is 8. The molecule has 336 valence electrons. The van der Waals surface area contributed by atoms with Gasteiger partial charge < -0.3 is 0 Å². The van der Waals surface area contributed by atoms with Crippen LogP contribution in [0.5, 0.6) is 0 Å². The Morgan fingerprint density at radius 1 is 0.221 bits per heavy atom. The molecule has 1 aliphatic carbocycles. The molecule has 13 rings (SSSR count). The number of benzene rings is 8. The van der Waals surface area contributed by atoms with Gasteiger partial charge in [0.2, 0.25) is 0 Å². The SMILES string of the molecule is c1ccc(CCC2c3cc4c5cc3SSc3cc6c(cc32)C(CCc2ccccc2)c2cc3c(cc2SS6)SSc2cc(c(cc2C3CCc2ccccc2)C4CCc2ccccc2)SS5)cc1. The van der Waals surface area contributed by atoms with E-state index in [2.05, 4.69) is 170 Å². The van der Waals surface area contributed by atoms with Crippen molar-refractivity contribution in [3.63, 3.8) is 0 Å². The highest BCUT2D eigenvalue weighted by atomic mass is 33.1. The van der Waals surface area contributed by atoms with Crippen LogP contribution in [-0.4, -0.2) is 0 Å². The second-order valence-corrected chi connectivity index (χ2v) is 27.5. The largest absolute Gasteiger partial charge is 0.0622 e. The van der Waals surface area contributed by atoms with Crippen LogP contribution in [0.1, 0.15) is 116 Å². The van der Waals surface area contributed by atoms with Crippen molar-refractivity contribution in [1.29, 1.82) is 0 Å². The Bertz CT molecular complexity index is 2620. The fourth-order valence-electron chi connectivity index (χ4n) is 11.2. The van der Waals surface area contributed by atoms with Crippen molar-refractivity contribution in [3.05, 3.63) is 237 Å². The standard InChI is InChI=1S/C60H48S8/c1-5-13-37(14-6-1)21-25-41-45-29-47-42(26-22-38-15-7-2-8-16-38)49-31-51-44(28-24-40-19-11-4-12-20-40)52-32-50-43(27-23-39-17-9-3-10-18-39)48-30-46(41)54-34-56(48)64-66-58(50)36-60(52)68-67-59(51)35-57(49)65-63-55(47)33-53(45)61-62-54/h1-20,29-36,41-44H,21-28H2. The van der Waals surface area contributed by atoms with Gasteiger partial charge in [0, 0.05) is 62.8 Å². The first-order valence-corrected chi connectivity index (χ1v) is 32.5. The second-order valence-electron chi connectivity index (χ2n) is 18.7. The zero-order chi connectivity index (χ0) is 45.0. The molecule has 0 nitrogen and oxygen atoms in total. The summed E-state index contributed by atoms with van der Waals surface area (Å²) in [6, 6.07) is 66.4. The normalized spacial score (nSPS) is 19.2. The van der Waals surface area contributed by atoms with Crippen LogP contribution in [0, 0.1) is 0 Å². The van der Waals surface area contributed by atoms with Crippen molar-refractivity contribution >= 4 is 86.4 Å². The molecule has 0 amide bonds. The van der Waals surface area contributed by atoms with Gasteiger partial charge >= 0.3 is 0 Å². The number of rotatable bonds is 12. The van der Waals surface area contributed by atoms with Gasteiger partial charge in [0.05, 0.1) is 0 Å². The number of aryl methyl sites for hydroxylation is 4. The summed E-state index contributed by atoms with van der Waals surface area (Å²) < 4.78 is 0. The summed E-state index contributed by atoms with van der Waals surface area (Å²) in [5.74, 6) is 1.07. The van der Waals surface area contributed by atoms with Crippen LogP contribution in [0.2, 0.25) is 0 Å². The van der Waals surface area contributed by atoms with E-state index in [4.69, 9.17) is 0 Å². The first-order chi connectivity index (χ1) is 33.7. The summed E-state index contributed by atoms with van der Waals surface area (Å²) >= 11 is 0. The van der Waals surface area contributed by atoms with Crippen molar-refractivity contribution < 1.29 is 0 Å². The smallest absolute Gasteiger partial charge is 0.0236 e. The number of hydrogen-bond donors (Lipinski definition) is 0. The lowest BCUT2D eigenvalue weighted by atomic mass is 9.77. The molecule has 0 unspecified atom stereocenters. The summed E-state index contributed by atoms with van der Waals surface area (Å²) in [4.78, 5) is 11.5. The van der Waals surface area contributed by atoms with Crippen LogP contribution in [0.15, 0.2) is 209 Å². The molecule has 8 bridgehead atoms. The van der Waals surface area contributed by atoms with Crippen LogP contribution < -0.4 is 0 Å². The van der Waals surface area contributed by atoms with Gasteiger partial charge in [0.15, 0.2) is 0 Å². The lowest BCUT2D eigenvalue weighted by Crippen LogP contribution is -2.13. The summed E-state index contributed by atoms with van der Waals surface area (Å²) in [6.45, 7) is 0. The van der Waals surface area contributed by atoms with Crippen LogP contribution in [0.25, 0.3) is 0 Å². The zero-order valence-electron chi connectivity index (χ0n) is 37.4. The highest BCUT2D eigenvalue weighted by Crippen LogP contribution is 2.62. The van der Waals surface area contributed by atoms with E-state index in [9.17, 15) is 0 Å². The van der Waals surface area contributed by atoms with Gasteiger partial charge in [-0.25, -0.2) is 0 Å². The summed E-state index contributed by atoms with van der Waals surface area (Å²) in [7, 11) is 16.0. The topological polar surface area (TPSA) is 0 Å². The van der Waals surface area contributed by atoms with Crippen LogP contribution in [0.3, 0.4) is 0 Å². The minimum atomic E-state index is 0.268. The van der Waals surface area contributed by atoms with E-state index in [1.54, 1.807) is 0 Å². The predicted octanol–water partition coefficient (Wildman–Crippen LogP) is 19.5. The highest BCUT2D eigenvalue weighted by molar-refractivity contribution is 8.78. The molecular weight excluding hydrogens is 977 g/mol. The summed E-state index contributed by atoms with van der Waals surface area (Å²) in [5.41, 5.74) is 17.9. The molecular formula is C60H48S8. The second kappa shape index (κ2) is 19.6. The van der Waals surface area contributed by atoms with Gasteiger partial charge in [0.25, 0.3) is 0 Å². The van der Waals surface area contributed by atoms with E-state index in [-0.39, 0.29) is 23.7 Å². The van der Waals surface area contributed by atoms with Crippen molar-refractivity contribution in [3.8, 4) is 0 Å². The Balaban J connectivity index is 1.07. The summed E-state index contributed by atoms with van der Waals surface area (Å²) in [5, 5.41) is 0. The minimum absolute atomic E-state index is 0.268. The lowest BCUT2D eigenvalue weighted by Gasteiger charge is -2.28. The molecule has 0 fully saturated rings. The van der Waals surface area contributed by atoms with Crippen LogP contribution in [0.4, 0.5) is 0 Å². The first-order valence-electron chi connectivity index (χ1n) is 23.9. The molecule has 8 aromatic carbocycles. The average molecular weight is 1030 g/mol. The van der Waals surface area contributed by atoms with Gasteiger partial charge in [-0.1, -0.05) is 232 Å². The first kappa shape index (κ1) is 44.5. The molecule has 0 saturated heterocycles. The Kier molecular flexibility index (Phi) is 12.8. The Hall–Kier alpha value is -3.44. The van der Waals surface area contributed by atoms with Crippen molar-refractivity contribution in [1.82, 2.24) is 0 Å². The zero-order valence-corrected chi connectivity index (χ0v) is 43.9. The fourth-order valence-corrected chi connectivity index (χ4v) is 21.6. The molecule has 4 aliphatic heterocycles. The van der Waals surface area contributed by atoms with Gasteiger partial charge in [-0.15, -0.1) is 0 Å². The predicted molar refractivity (Wildman–Crippen MR) is 299 cm³/mol. The molecule has 0 aromatic heterocycles. The molecule has 0 spiro atoms. The van der Waals surface area contributed by atoms with E-state index < -0.39 is 0 Å². The molecule has 0 N–H and O–H groups in total. The molecule has 4 heterocycles. The minimum Gasteiger partial charge on any atom is -0.0622 e. The third-order valence-electron chi connectivity index (χ3n) is 14.7. The molecule has 5 aliphatic rings. The Morgan fingerprint density at radius 2 is 0.397 bits per heavy atom. The Labute approximate surface area is 433 Å². The van der Waals surface area contributed by atoms with Crippen molar-refractivity contribution in [2.24, 2.45) is 0 Å². The summed E-state index contributed by atoms with van der Waals surface area (Å²) in [6.07, 6.45) is 8.46. The van der Waals surface area contributed by atoms with E-state index in [1.807, 2.05) is 86.4 Å². The monoisotopic (exact) mass is 1020 g/mol. The van der Waals surface area contributed by atoms with E-state index >= 15 is 0 Å². The third-order valence-corrected chi connectivity index (χ3v) is 24.6. The van der Waals surface area contributed by atoms with Gasteiger partial charge in [0.1, 0.15) is 0 Å². The fraction of sp³-hybridized carbons (Fsp3) is 0.200. The lowest BCUT2D eigenvalue weighted by molar-refractivity contribution is 0.650. The maximum Gasteiger partial charge on any atom is 0.0236 e. The van der Waals surface area contributed by atoms with E-state index in [1.165, 1.54) is 106 Å². The maximum atomic E-state index is 2.73. The van der Waals surface area contributed by atoms with Gasteiger partial charge in [-0.05, 0) is 142 Å². The van der Waals surface area contributed by atoms with E-state index in [0.29, 0.717) is 0 Å². The van der Waals surface area contributed by atoms with Crippen LogP contribution >= 0.6 is 86.4 Å². The van der Waals surface area contributed by atoms with Gasteiger partial charge in [-0.3, -0.25) is 0 Å². The molecule has 8 heteroatoms. The van der Waals surface area contributed by atoms with E-state index in [0.717, 1.165) is 51.4 Å². The quantitative estimate of drug-likeness (QED) is 0.110. The molecule has 68 heavy (non-hydrogen) atoms. The maximum absolute atomic E-state index is 2.73. The van der Waals surface area contributed by atoms with Crippen molar-refractivity contribution in [2.45, 2.75) is 114 Å². The Morgan fingerprint density at radius 3 is 0.574 bits per heavy atom. The molecule has 0 saturated carbocycles. The molecule has 0 atom stereocenters.